The maximum absolute atomic E-state index is 11.8. The Kier molecular flexibility index (Phi) is 3.55. The van der Waals surface area contributed by atoms with E-state index in [0.29, 0.717) is 11.8 Å². The topological polar surface area (TPSA) is 51.0 Å². The highest BCUT2D eigenvalue weighted by molar-refractivity contribution is 6.06. The van der Waals surface area contributed by atoms with Crippen molar-refractivity contribution in [2.45, 2.75) is 52.4 Å². The lowest BCUT2D eigenvalue weighted by Gasteiger charge is -2.57. The van der Waals surface area contributed by atoms with Crippen molar-refractivity contribution in [3.8, 4) is 0 Å². The summed E-state index contributed by atoms with van der Waals surface area (Å²) in [5.41, 5.74) is 2.85. The first-order valence-electron chi connectivity index (χ1n) is 9.11. The number of hydrogen-bond acceptors (Lipinski definition) is 4. The third-order valence-corrected chi connectivity index (χ3v) is 7.15. The van der Waals surface area contributed by atoms with Gasteiger partial charge in [0.25, 0.3) is 0 Å². The number of hydrogen-bond donors (Lipinski definition) is 0. The van der Waals surface area contributed by atoms with E-state index in [2.05, 4.69) is 36.8 Å². The normalized spacial score (nSPS) is 43.4. The fourth-order valence-electron chi connectivity index (χ4n) is 5.74. The van der Waals surface area contributed by atoms with Crippen LogP contribution in [0.1, 0.15) is 52.4 Å². The van der Waals surface area contributed by atoms with Crippen molar-refractivity contribution in [1.82, 2.24) is 0 Å². The molecule has 2 saturated carbocycles. The van der Waals surface area contributed by atoms with Crippen LogP contribution in [0.3, 0.4) is 0 Å². The summed E-state index contributed by atoms with van der Waals surface area (Å²) in [5.74, 6) is 0.841. The van der Waals surface area contributed by atoms with Crippen molar-refractivity contribution >= 4 is 17.9 Å². The van der Waals surface area contributed by atoms with Crippen LogP contribution in [-0.2, 0) is 9.53 Å². The molecule has 2 aliphatic heterocycles. The molecule has 2 fully saturated rings. The van der Waals surface area contributed by atoms with Crippen LogP contribution < -0.4 is 0 Å². The van der Waals surface area contributed by atoms with Gasteiger partial charge in [-0.15, -0.1) is 0 Å². The second-order valence-electron chi connectivity index (χ2n) is 8.33. The predicted molar refractivity (Wildman–Crippen MR) is 94.7 cm³/mol. The van der Waals surface area contributed by atoms with E-state index in [1.165, 1.54) is 24.0 Å². The minimum atomic E-state index is -0.105. The molecule has 0 bridgehead atoms. The van der Waals surface area contributed by atoms with Crippen LogP contribution in [-0.4, -0.2) is 17.9 Å². The molecule has 128 valence electrons. The van der Waals surface area contributed by atoms with Crippen molar-refractivity contribution in [2.75, 3.05) is 0 Å². The molecule has 2 heterocycles. The number of ether oxygens (including phenoxy) is 1. The quantitative estimate of drug-likeness (QED) is 0.574. The Labute approximate surface area is 143 Å². The van der Waals surface area contributed by atoms with E-state index in [-0.39, 0.29) is 22.7 Å². The molecule has 24 heavy (non-hydrogen) atoms. The molecule has 0 aromatic carbocycles. The van der Waals surface area contributed by atoms with E-state index in [1.807, 2.05) is 6.08 Å². The second kappa shape index (κ2) is 5.40. The zero-order chi connectivity index (χ0) is 16.9. The molecule has 2 aliphatic carbocycles. The highest BCUT2D eigenvalue weighted by atomic mass is 16.5. The van der Waals surface area contributed by atoms with Gasteiger partial charge in [-0.2, -0.15) is 10.2 Å². The Morgan fingerprint density at radius 2 is 2.17 bits per heavy atom. The maximum Gasteiger partial charge on any atom is 0.317 e. The molecule has 0 amide bonds. The van der Waals surface area contributed by atoms with Gasteiger partial charge in [0.05, 0.1) is 17.9 Å². The summed E-state index contributed by atoms with van der Waals surface area (Å²) in [6.07, 6.45) is 11.8. The first-order chi connectivity index (χ1) is 11.4. The largest absolute Gasteiger partial charge is 0.434 e. The highest BCUT2D eigenvalue weighted by Crippen LogP contribution is 2.61. The van der Waals surface area contributed by atoms with E-state index < -0.39 is 0 Å². The number of allylic oxidation sites excluding steroid dienone is 1. The zero-order valence-corrected chi connectivity index (χ0v) is 14.6. The summed E-state index contributed by atoms with van der Waals surface area (Å²) in [6.45, 7) is 9.15. The summed E-state index contributed by atoms with van der Waals surface area (Å²) in [6, 6.07) is 0. The number of nitrogens with zero attached hydrogens (tertiary/aromatic N) is 2. The maximum atomic E-state index is 11.8. The fraction of sp³-hybridized carbons (Fsp3) is 0.650. The van der Waals surface area contributed by atoms with Gasteiger partial charge in [-0.1, -0.05) is 19.1 Å². The van der Waals surface area contributed by atoms with Crippen LogP contribution in [0.2, 0.25) is 0 Å². The first kappa shape index (κ1) is 15.8. The van der Waals surface area contributed by atoms with Gasteiger partial charge in [-0.05, 0) is 68.8 Å². The van der Waals surface area contributed by atoms with Gasteiger partial charge in [0.2, 0.25) is 0 Å². The summed E-state index contributed by atoms with van der Waals surface area (Å²) in [7, 11) is 0. The molecular formula is C20H26N2O2. The lowest BCUT2D eigenvalue weighted by molar-refractivity contribution is -0.139. The van der Waals surface area contributed by atoms with E-state index in [1.54, 1.807) is 0 Å². The van der Waals surface area contributed by atoms with E-state index in [4.69, 9.17) is 4.74 Å². The molecule has 0 radical (unpaired) electrons. The second-order valence-corrected chi connectivity index (χ2v) is 8.33. The number of rotatable bonds is 3. The van der Waals surface area contributed by atoms with E-state index in [0.717, 1.165) is 32.1 Å². The summed E-state index contributed by atoms with van der Waals surface area (Å²) in [4.78, 5) is 11.8. The summed E-state index contributed by atoms with van der Waals surface area (Å²) < 4.78 is 4.96. The van der Waals surface area contributed by atoms with Crippen LogP contribution in [0.15, 0.2) is 34.7 Å². The van der Waals surface area contributed by atoms with Crippen LogP contribution in [0.5, 0.6) is 0 Å². The van der Waals surface area contributed by atoms with E-state index in [9.17, 15) is 4.79 Å². The summed E-state index contributed by atoms with van der Waals surface area (Å²) in [5, 5.41) is 8.66. The Balaban J connectivity index is 1.58. The highest BCUT2D eigenvalue weighted by Gasteiger charge is 2.57. The van der Waals surface area contributed by atoms with Crippen molar-refractivity contribution in [2.24, 2.45) is 38.8 Å². The lowest BCUT2D eigenvalue weighted by atomic mass is 9.46. The molecule has 4 aliphatic rings. The Morgan fingerprint density at radius 3 is 2.92 bits per heavy atom. The van der Waals surface area contributed by atoms with Gasteiger partial charge in [0.15, 0.2) is 0 Å². The van der Waals surface area contributed by atoms with Crippen molar-refractivity contribution < 1.29 is 9.53 Å². The Bertz CT molecular complexity index is 677. The number of esters is 1. The molecule has 5 atom stereocenters. The smallest absolute Gasteiger partial charge is 0.317 e. The van der Waals surface area contributed by atoms with Gasteiger partial charge < -0.3 is 4.74 Å². The Morgan fingerprint density at radius 1 is 1.33 bits per heavy atom. The first-order valence-corrected chi connectivity index (χ1v) is 9.11. The molecule has 4 rings (SSSR count). The molecule has 0 spiro atoms. The minimum Gasteiger partial charge on any atom is -0.434 e. The summed E-state index contributed by atoms with van der Waals surface area (Å²) >= 11 is 0. The standard InChI is InChI=1S/C20H26N2O2/c1-13-4-7-16-19(2,10-8-17-20(16,3)12-21-22-17)15(13)6-5-14-9-11-24-18(14)23/h9,11-12,14-16H,1,4-8,10H2,2-3H3/t14?,15?,16?,19-,20+/m1/s1. The van der Waals surface area contributed by atoms with Crippen molar-refractivity contribution in [3.63, 3.8) is 0 Å². The molecule has 0 aromatic rings. The lowest BCUT2D eigenvalue weighted by Crippen LogP contribution is -2.54. The monoisotopic (exact) mass is 326 g/mol. The average Bonchev–Trinajstić information content (AvgIpc) is 3.11. The van der Waals surface area contributed by atoms with Crippen LogP contribution in [0, 0.1) is 28.6 Å². The third-order valence-electron chi connectivity index (χ3n) is 7.15. The average molecular weight is 326 g/mol. The number of cyclic esters (lactones) is 1. The third kappa shape index (κ3) is 2.15. The minimum absolute atomic E-state index is 0.0120. The molecule has 0 N–H and O–H groups in total. The van der Waals surface area contributed by atoms with Gasteiger partial charge in [-0.25, -0.2) is 0 Å². The fourth-order valence-corrected chi connectivity index (χ4v) is 5.74. The van der Waals surface area contributed by atoms with Gasteiger partial charge in [0.1, 0.15) is 0 Å². The Hall–Kier alpha value is -1.71. The van der Waals surface area contributed by atoms with Crippen molar-refractivity contribution in [3.05, 3.63) is 24.5 Å². The molecule has 0 aromatic heterocycles. The van der Waals surface area contributed by atoms with Crippen LogP contribution >= 0.6 is 0 Å². The van der Waals surface area contributed by atoms with Gasteiger partial charge in [0, 0.05) is 11.6 Å². The van der Waals surface area contributed by atoms with Crippen LogP contribution in [0.4, 0.5) is 0 Å². The SMILES string of the molecule is C=C1CCC2[C@](C)(CCC3=NN=C[C@]32C)C1CCC1C=COC1=O. The predicted octanol–water partition coefficient (Wildman–Crippen LogP) is 4.28. The molecule has 3 unspecified atom stereocenters. The van der Waals surface area contributed by atoms with Crippen molar-refractivity contribution in [1.29, 1.82) is 0 Å². The number of carbonyl (C=O) groups is 1. The number of fused-ring (bicyclic) bond motifs is 3. The molecular weight excluding hydrogens is 300 g/mol. The van der Waals surface area contributed by atoms with Gasteiger partial charge >= 0.3 is 5.97 Å². The molecule has 4 heteroatoms. The van der Waals surface area contributed by atoms with Gasteiger partial charge in [-0.3, -0.25) is 4.79 Å². The van der Waals surface area contributed by atoms with E-state index >= 15 is 0 Å². The zero-order valence-electron chi connectivity index (χ0n) is 14.6. The molecule has 4 nitrogen and oxygen atoms in total. The molecule has 0 saturated heterocycles. The van der Waals surface area contributed by atoms with Crippen LogP contribution in [0.25, 0.3) is 0 Å². The number of carbonyl (C=O) groups excluding carboxylic acids is 1.